The van der Waals surface area contributed by atoms with Crippen LogP contribution < -0.4 is 0 Å². The van der Waals surface area contributed by atoms with Gasteiger partial charge in [-0.25, -0.2) is 4.98 Å². The van der Waals surface area contributed by atoms with Crippen LogP contribution in [0.15, 0.2) is 40.2 Å². The van der Waals surface area contributed by atoms with Crippen LogP contribution in [-0.4, -0.2) is 19.7 Å². The average Bonchev–Trinajstić information content (AvgIpc) is 3.45. The Morgan fingerprint density at radius 1 is 1.13 bits per heavy atom. The maximum Gasteiger partial charge on any atom is 0.191 e. The first-order valence-electron chi connectivity index (χ1n) is 10.2. The van der Waals surface area contributed by atoms with E-state index >= 15 is 0 Å². The van der Waals surface area contributed by atoms with Crippen molar-refractivity contribution in [3.05, 3.63) is 56.7 Å². The molecule has 3 aromatic heterocycles. The second-order valence-corrected chi connectivity index (χ2v) is 10.8. The normalized spacial score (nSPS) is 16.0. The summed E-state index contributed by atoms with van der Waals surface area (Å²) in [5.74, 6) is 2.58. The van der Waals surface area contributed by atoms with Gasteiger partial charge in [-0.15, -0.1) is 32.9 Å². The van der Waals surface area contributed by atoms with Crippen LogP contribution in [0.3, 0.4) is 0 Å². The molecule has 0 saturated carbocycles. The Hall–Kier alpha value is -1.96. The van der Waals surface area contributed by atoms with E-state index in [0.29, 0.717) is 0 Å². The molecule has 3 heterocycles. The van der Waals surface area contributed by atoms with Crippen LogP contribution in [0, 0.1) is 12.8 Å². The molecule has 0 bridgehead atoms. The molecule has 5 rings (SSSR count). The predicted octanol–water partition coefficient (Wildman–Crippen LogP) is 6.39. The van der Waals surface area contributed by atoms with Gasteiger partial charge in [0.15, 0.2) is 11.0 Å². The van der Waals surface area contributed by atoms with E-state index < -0.39 is 0 Å². The molecule has 1 aromatic carbocycles. The predicted molar refractivity (Wildman–Crippen MR) is 127 cm³/mol. The highest BCUT2D eigenvalue weighted by Gasteiger charge is 2.23. The van der Waals surface area contributed by atoms with Crippen LogP contribution in [-0.2, 0) is 25.6 Å². The topological polar surface area (TPSA) is 43.6 Å². The summed E-state index contributed by atoms with van der Waals surface area (Å²) in [6, 6.07) is 8.55. The summed E-state index contributed by atoms with van der Waals surface area (Å²) in [6.07, 6.45) is 3.63. The number of hydrogen-bond acceptors (Lipinski definition) is 6. The molecule has 7 heteroatoms. The van der Waals surface area contributed by atoms with Crippen LogP contribution in [0.2, 0.25) is 0 Å². The molecule has 0 fully saturated rings. The molecule has 0 radical (unpaired) electrons. The second kappa shape index (κ2) is 8.29. The lowest BCUT2D eigenvalue weighted by Crippen LogP contribution is -2.09. The van der Waals surface area contributed by atoms with Crippen LogP contribution in [0.25, 0.3) is 22.0 Å². The van der Waals surface area contributed by atoms with Gasteiger partial charge in [0, 0.05) is 39.6 Å². The molecule has 0 amide bonds. The molecule has 1 aliphatic carbocycles. The smallest absolute Gasteiger partial charge is 0.191 e. The van der Waals surface area contributed by atoms with Crippen molar-refractivity contribution in [1.82, 2.24) is 19.7 Å². The molecule has 4 nitrogen and oxygen atoms in total. The molecule has 0 aliphatic heterocycles. The van der Waals surface area contributed by atoms with E-state index in [2.05, 4.69) is 70.7 Å². The van der Waals surface area contributed by atoms with Gasteiger partial charge in [-0.05, 0) is 37.7 Å². The molecular formula is C23H24N4S3. The molecule has 0 spiro atoms. The van der Waals surface area contributed by atoms with Gasteiger partial charge in [-0.3, -0.25) is 0 Å². The van der Waals surface area contributed by atoms with E-state index in [1.807, 2.05) is 11.3 Å². The van der Waals surface area contributed by atoms with E-state index in [9.17, 15) is 0 Å². The van der Waals surface area contributed by atoms with E-state index in [0.717, 1.165) is 39.8 Å². The highest BCUT2D eigenvalue weighted by atomic mass is 32.2. The van der Waals surface area contributed by atoms with Crippen molar-refractivity contribution in [2.24, 2.45) is 13.0 Å². The third-order valence-corrected chi connectivity index (χ3v) is 8.72. The van der Waals surface area contributed by atoms with Gasteiger partial charge in [0.05, 0.1) is 5.69 Å². The zero-order chi connectivity index (χ0) is 20.7. The van der Waals surface area contributed by atoms with Crippen molar-refractivity contribution in [3.63, 3.8) is 0 Å². The number of thiazole rings is 1. The Kier molecular flexibility index (Phi) is 5.52. The molecule has 1 unspecified atom stereocenters. The Labute approximate surface area is 189 Å². The van der Waals surface area contributed by atoms with E-state index in [4.69, 9.17) is 4.98 Å². The zero-order valence-electron chi connectivity index (χ0n) is 17.4. The molecular weight excluding hydrogens is 428 g/mol. The van der Waals surface area contributed by atoms with E-state index in [-0.39, 0.29) is 0 Å². The van der Waals surface area contributed by atoms with Crippen molar-refractivity contribution in [3.8, 4) is 22.0 Å². The van der Waals surface area contributed by atoms with Gasteiger partial charge in [0.25, 0.3) is 0 Å². The Morgan fingerprint density at radius 2 is 1.97 bits per heavy atom. The Morgan fingerprint density at radius 3 is 2.80 bits per heavy atom. The number of hydrogen-bond donors (Lipinski definition) is 0. The van der Waals surface area contributed by atoms with Gasteiger partial charge in [0.2, 0.25) is 0 Å². The Balaban J connectivity index is 1.31. The number of thioether (sulfide) groups is 1. The minimum atomic E-state index is 0.789. The minimum Gasteiger partial charge on any atom is -0.305 e. The van der Waals surface area contributed by atoms with Crippen LogP contribution in [0.4, 0.5) is 0 Å². The second-order valence-electron chi connectivity index (χ2n) is 8.06. The fourth-order valence-corrected chi connectivity index (χ4v) is 6.86. The van der Waals surface area contributed by atoms with E-state index in [1.54, 1.807) is 23.1 Å². The van der Waals surface area contributed by atoms with Gasteiger partial charge >= 0.3 is 0 Å². The summed E-state index contributed by atoms with van der Waals surface area (Å²) in [5, 5.41) is 15.5. The third-order valence-electron chi connectivity index (χ3n) is 5.68. The van der Waals surface area contributed by atoms with Crippen molar-refractivity contribution in [2.75, 3.05) is 0 Å². The maximum atomic E-state index is 4.82. The monoisotopic (exact) mass is 452 g/mol. The van der Waals surface area contributed by atoms with Gasteiger partial charge < -0.3 is 4.57 Å². The zero-order valence-corrected chi connectivity index (χ0v) is 19.8. The fraction of sp³-hybridized carbons (Fsp3) is 0.348. The summed E-state index contributed by atoms with van der Waals surface area (Å²) in [6.45, 7) is 4.46. The number of aromatic nitrogens is 4. The summed E-state index contributed by atoms with van der Waals surface area (Å²) >= 11 is 5.29. The lowest BCUT2D eigenvalue weighted by atomic mass is 9.88. The summed E-state index contributed by atoms with van der Waals surface area (Å²) in [5.41, 5.74) is 6.31. The number of rotatable bonds is 5. The van der Waals surface area contributed by atoms with E-state index in [1.165, 1.54) is 40.0 Å². The Bertz CT molecular complexity index is 1170. The fourth-order valence-electron chi connectivity index (χ4n) is 3.88. The SMILES string of the molecule is Cc1ccc(-c2nc(CSc3nnc(-c4csc5c4CCC(C)C5)n3C)cs2)cc1. The number of thiophene rings is 1. The third kappa shape index (κ3) is 3.86. The average molecular weight is 453 g/mol. The number of nitrogens with zero attached hydrogens (tertiary/aromatic N) is 4. The molecule has 1 aliphatic rings. The number of benzene rings is 1. The molecule has 1 atom stereocenters. The van der Waals surface area contributed by atoms with Crippen molar-refractivity contribution in [1.29, 1.82) is 0 Å². The molecule has 0 saturated heterocycles. The lowest BCUT2D eigenvalue weighted by Gasteiger charge is -2.18. The molecule has 154 valence electrons. The standard InChI is InChI=1S/C23H24N4S3/c1-14-4-7-16(8-5-14)22-24-17(11-29-22)12-30-23-26-25-21(27(23)3)19-13-28-20-10-15(2)6-9-18(19)20/h4-5,7-8,11,13,15H,6,9-10,12H2,1-3H3. The van der Waals surface area contributed by atoms with Gasteiger partial charge in [-0.1, -0.05) is 48.5 Å². The van der Waals surface area contributed by atoms with Crippen molar-refractivity contribution in [2.45, 2.75) is 44.0 Å². The molecule has 4 aromatic rings. The van der Waals surface area contributed by atoms with Crippen molar-refractivity contribution < 1.29 is 0 Å². The highest BCUT2D eigenvalue weighted by molar-refractivity contribution is 7.98. The van der Waals surface area contributed by atoms with Gasteiger partial charge in [-0.2, -0.15) is 0 Å². The first kappa shape index (κ1) is 20.0. The lowest BCUT2D eigenvalue weighted by molar-refractivity contribution is 0.508. The first-order valence-corrected chi connectivity index (χ1v) is 13.0. The largest absolute Gasteiger partial charge is 0.305 e. The molecule has 30 heavy (non-hydrogen) atoms. The number of aryl methyl sites for hydroxylation is 1. The van der Waals surface area contributed by atoms with Crippen LogP contribution in [0.1, 0.15) is 35.0 Å². The highest BCUT2D eigenvalue weighted by Crippen LogP contribution is 2.38. The molecule has 0 N–H and O–H groups in total. The number of fused-ring (bicyclic) bond motifs is 1. The van der Waals surface area contributed by atoms with Crippen LogP contribution in [0.5, 0.6) is 0 Å². The summed E-state index contributed by atoms with van der Waals surface area (Å²) in [7, 11) is 2.08. The minimum absolute atomic E-state index is 0.789. The maximum absolute atomic E-state index is 4.82. The van der Waals surface area contributed by atoms with Gasteiger partial charge in [0.1, 0.15) is 5.01 Å². The summed E-state index contributed by atoms with van der Waals surface area (Å²) < 4.78 is 2.14. The van der Waals surface area contributed by atoms with Crippen molar-refractivity contribution >= 4 is 34.4 Å². The quantitative estimate of drug-likeness (QED) is 0.329. The first-order chi connectivity index (χ1) is 14.6. The summed E-state index contributed by atoms with van der Waals surface area (Å²) in [4.78, 5) is 6.35. The van der Waals surface area contributed by atoms with Crippen LogP contribution >= 0.6 is 34.4 Å².